The van der Waals surface area contributed by atoms with Crippen molar-refractivity contribution in [3.05, 3.63) is 53.6 Å². The first-order valence-electron chi connectivity index (χ1n) is 9.14. The molecule has 1 heterocycles. The fourth-order valence-corrected chi connectivity index (χ4v) is 4.35. The first kappa shape index (κ1) is 17.7. The highest BCUT2D eigenvalue weighted by molar-refractivity contribution is 7.22. The Bertz CT molecular complexity index is 820. The SMILES string of the molecule is CCCN(CCC)c1ccc(C(C)c2ccccc2)c2nc(N)sc12. The van der Waals surface area contributed by atoms with Crippen LogP contribution < -0.4 is 10.6 Å². The van der Waals surface area contributed by atoms with Crippen molar-refractivity contribution in [2.24, 2.45) is 0 Å². The standard InChI is InChI=1S/C21H27N3S/c1-4-13-24(14-5-2)18-12-11-17(19-20(18)25-21(22)23-19)15(3)16-9-7-6-8-10-16/h6-12,15H,4-5,13-14H2,1-3H3,(H2,22,23). The van der Waals surface area contributed by atoms with Crippen molar-refractivity contribution < 1.29 is 0 Å². The van der Waals surface area contributed by atoms with Crippen LogP contribution in [0.25, 0.3) is 10.2 Å². The zero-order chi connectivity index (χ0) is 17.8. The predicted molar refractivity (Wildman–Crippen MR) is 111 cm³/mol. The Morgan fingerprint density at radius 3 is 2.36 bits per heavy atom. The first-order valence-corrected chi connectivity index (χ1v) is 9.96. The van der Waals surface area contributed by atoms with Crippen LogP contribution in [-0.2, 0) is 0 Å². The van der Waals surface area contributed by atoms with Gasteiger partial charge in [0, 0.05) is 19.0 Å². The molecule has 1 unspecified atom stereocenters. The summed E-state index contributed by atoms with van der Waals surface area (Å²) in [6.45, 7) is 8.83. The van der Waals surface area contributed by atoms with Gasteiger partial charge in [-0.3, -0.25) is 0 Å². The second-order valence-corrected chi connectivity index (χ2v) is 7.55. The van der Waals surface area contributed by atoms with Crippen molar-refractivity contribution in [1.82, 2.24) is 4.98 Å². The van der Waals surface area contributed by atoms with Crippen LogP contribution in [0.3, 0.4) is 0 Å². The molecule has 0 fully saturated rings. The number of aromatic nitrogens is 1. The van der Waals surface area contributed by atoms with E-state index in [1.165, 1.54) is 21.5 Å². The number of nitrogens with zero attached hydrogens (tertiary/aromatic N) is 2. The number of fused-ring (bicyclic) bond motifs is 1. The predicted octanol–water partition coefficient (Wildman–Crippen LogP) is 5.66. The summed E-state index contributed by atoms with van der Waals surface area (Å²) in [5.41, 5.74) is 11.0. The van der Waals surface area contributed by atoms with E-state index in [-0.39, 0.29) is 0 Å². The lowest BCUT2D eigenvalue weighted by molar-refractivity contribution is 0.747. The third-order valence-corrected chi connectivity index (χ3v) is 5.57. The van der Waals surface area contributed by atoms with Crippen LogP contribution in [0.4, 0.5) is 10.8 Å². The smallest absolute Gasteiger partial charge is 0.181 e. The second kappa shape index (κ2) is 7.87. The summed E-state index contributed by atoms with van der Waals surface area (Å²) in [6, 6.07) is 15.1. The molecule has 1 atom stereocenters. The minimum Gasteiger partial charge on any atom is -0.375 e. The van der Waals surface area contributed by atoms with Gasteiger partial charge in [-0.2, -0.15) is 0 Å². The van der Waals surface area contributed by atoms with Gasteiger partial charge in [-0.05, 0) is 30.0 Å². The number of anilines is 2. The summed E-state index contributed by atoms with van der Waals surface area (Å²) in [6.07, 6.45) is 2.27. The van der Waals surface area contributed by atoms with Gasteiger partial charge in [0.2, 0.25) is 0 Å². The molecule has 132 valence electrons. The molecule has 3 aromatic rings. The molecule has 3 rings (SSSR count). The molecule has 3 nitrogen and oxygen atoms in total. The lowest BCUT2D eigenvalue weighted by atomic mass is 9.92. The maximum Gasteiger partial charge on any atom is 0.181 e. The molecule has 4 heteroatoms. The van der Waals surface area contributed by atoms with Crippen molar-refractivity contribution in [3.8, 4) is 0 Å². The van der Waals surface area contributed by atoms with E-state index in [1.807, 2.05) is 0 Å². The summed E-state index contributed by atoms with van der Waals surface area (Å²) in [5, 5.41) is 0.650. The monoisotopic (exact) mass is 353 g/mol. The third-order valence-electron chi connectivity index (χ3n) is 4.66. The zero-order valence-electron chi connectivity index (χ0n) is 15.3. The van der Waals surface area contributed by atoms with E-state index < -0.39 is 0 Å². The van der Waals surface area contributed by atoms with E-state index >= 15 is 0 Å². The fraction of sp³-hybridized carbons (Fsp3) is 0.381. The largest absolute Gasteiger partial charge is 0.375 e. The van der Waals surface area contributed by atoms with Crippen molar-refractivity contribution in [1.29, 1.82) is 0 Å². The molecule has 0 saturated carbocycles. The molecule has 0 saturated heterocycles. The first-order chi connectivity index (χ1) is 12.2. The van der Waals surface area contributed by atoms with Gasteiger partial charge >= 0.3 is 0 Å². The molecule has 0 amide bonds. The minimum absolute atomic E-state index is 0.296. The average Bonchev–Trinajstić information content (AvgIpc) is 3.02. The Balaban J connectivity index is 2.10. The quantitative estimate of drug-likeness (QED) is 0.596. The van der Waals surface area contributed by atoms with E-state index in [2.05, 4.69) is 68.1 Å². The second-order valence-electron chi connectivity index (χ2n) is 6.52. The Kier molecular flexibility index (Phi) is 5.59. The number of rotatable bonds is 7. The lowest BCUT2D eigenvalue weighted by Crippen LogP contribution is -2.25. The topological polar surface area (TPSA) is 42.2 Å². The Labute approximate surface area is 154 Å². The van der Waals surface area contributed by atoms with Crippen LogP contribution in [0, 0.1) is 0 Å². The van der Waals surface area contributed by atoms with Gasteiger partial charge in [0.05, 0.1) is 15.9 Å². The van der Waals surface area contributed by atoms with Crippen molar-refractivity contribution in [3.63, 3.8) is 0 Å². The summed E-state index contributed by atoms with van der Waals surface area (Å²) in [4.78, 5) is 7.16. The molecule has 0 aliphatic carbocycles. The normalized spacial score (nSPS) is 12.4. The molecule has 0 spiro atoms. The van der Waals surface area contributed by atoms with E-state index in [9.17, 15) is 0 Å². The van der Waals surface area contributed by atoms with Crippen LogP contribution in [0.5, 0.6) is 0 Å². The Hall–Kier alpha value is -2.07. The summed E-state index contributed by atoms with van der Waals surface area (Å²) in [5.74, 6) is 0.296. The van der Waals surface area contributed by atoms with Crippen molar-refractivity contribution >= 4 is 32.4 Å². The van der Waals surface area contributed by atoms with Gasteiger partial charge in [0.1, 0.15) is 0 Å². The molecule has 25 heavy (non-hydrogen) atoms. The highest BCUT2D eigenvalue weighted by atomic mass is 32.1. The van der Waals surface area contributed by atoms with E-state index in [0.29, 0.717) is 11.0 Å². The maximum absolute atomic E-state index is 6.10. The molecule has 0 radical (unpaired) electrons. The highest BCUT2D eigenvalue weighted by Gasteiger charge is 2.19. The molecule has 2 N–H and O–H groups in total. The number of hydrogen-bond donors (Lipinski definition) is 1. The fourth-order valence-electron chi connectivity index (χ4n) is 3.44. The third kappa shape index (κ3) is 3.64. The van der Waals surface area contributed by atoms with Crippen LogP contribution >= 0.6 is 11.3 Å². The number of benzene rings is 2. The molecule has 0 bridgehead atoms. The molecular formula is C21H27N3S. The van der Waals surface area contributed by atoms with Crippen LogP contribution in [-0.4, -0.2) is 18.1 Å². The average molecular weight is 354 g/mol. The van der Waals surface area contributed by atoms with E-state index in [0.717, 1.165) is 31.4 Å². The van der Waals surface area contributed by atoms with E-state index in [1.54, 1.807) is 11.3 Å². The van der Waals surface area contributed by atoms with Crippen LogP contribution in [0.15, 0.2) is 42.5 Å². The van der Waals surface area contributed by atoms with E-state index in [4.69, 9.17) is 10.7 Å². The molecule has 0 aliphatic rings. The Morgan fingerprint density at radius 2 is 1.72 bits per heavy atom. The molecular weight excluding hydrogens is 326 g/mol. The molecule has 1 aromatic heterocycles. The number of hydrogen-bond acceptors (Lipinski definition) is 4. The summed E-state index contributed by atoms with van der Waals surface area (Å²) < 4.78 is 1.22. The molecule has 2 aromatic carbocycles. The van der Waals surface area contributed by atoms with Gasteiger partial charge in [-0.15, -0.1) is 0 Å². The zero-order valence-corrected chi connectivity index (χ0v) is 16.1. The van der Waals surface area contributed by atoms with Gasteiger partial charge in [-0.1, -0.05) is 68.5 Å². The van der Waals surface area contributed by atoms with Crippen molar-refractivity contribution in [2.75, 3.05) is 23.7 Å². The summed E-state index contributed by atoms with van der Waals surface area (Å²) >= 11 is 1.61. The van der Waals surface area contributed by atoms with Gasteiger partial charge in [0.15, 0.2) is 5.13 Å². The molecule has 0 aliphatic heterocycles. The lowest BCUT2D eigenvalue weighted by Gasteiger charge is -2.25. The maximum atomic E-state index is 6.10. The van der Waals surface area contributed by atoms with Crippen LogP contribution in [0.1, 0.15) is 50.7 Å². The summed E-state index contributed by atoms with van der Waals surface area (Å²) in [7, 11) is 0. The number of thiazole rings is 1. The van der Waals surface area contributed by atoms with Crippen molar-refractivity contribution in [2.45, 2.75) is 39.5 Å². The van der Waals surface area contributed by atoms with Gasteiger partial charge < -0.3 is 10.6 Å². The number of nitrogens with two attached hydrogens (primary N) is 1. The van der Waals surface area contributed by atoms with Gasteiger partial charge in [0.25, 0.3) is 0 Å². The number of nitrogen functional groups attached to an aromatic ring is 1. The van der Waals surface area contributed by atoms with Crippen LogP contribution in [0.2, 0.25) is 0 Å². The van der Waals surface area contributed by atoms with Gasteiger partial charge in [-0.25, -0.2) is 4.98 Å². The Morgan fingerprint density at radius 1 is 1.04 bits per heavy atom. The highest BCUT2D eigenvalue weighted by Crippen LogP contribution is 2.39. The minimum atomic E-state index is 0.296.